The molecule has 1 saturated heterocycles. The number of ketones is 1. The van der Waals surface area contributed by atoms with E-state index in [1.165, 1.54) is 10.8 Å². The molecule has 2 aromatic heterocycles. The van der Waals surface area contributed by atoms with Gasteiger partial charge in [0, 0.05) is 13.0 Å². The van der Waals surface area contributed by atoms with Crippen molar-refractivity contribution in [2.75, 3.05) is 5.73 Å². The Bertz CT molecular complexity index is 965. The van der Waals surface area contributed by atoms with Gasteiger partial charge in [0.25, 0.3) is 5.78 Å². The minimum atomic E-state index is -5.10. The van der Waals surface area contributed by atoms with E-state index >= 15 is 0 Å². The summed E-state index contributed by atoms with van der Waals surface area (Å²) in [6.07, 6.45) is -7.28. The van der Waals surface area contributed by atoms with E-state index in [4.69, 9.17) is 10.5 Å². The largest absolute Gasteiger partial charge is 0.452 e. The Morgan fingerprint density at radius 3 is 2.74 bits per heavy atom. The number of carbonyl (C=O) groups excluding carboxylic acids is 1. The summed E-state index contributed by atoms with van der Waals surface area (Å²) < 4.78 is 45.5. The van der Waals surface area contributed by atoms with E-state index in [1.807, 2.05) is 0 Å². The highest BCUT2D eigenvalue weighted by atomic mass is 19.4. The van der Waals surface area contributed by atoms with E-state index in [1.54, 1.807) is 0 Å². The maximum Gasteiger partial charge on any atom is 0.452 e. The van der Waals surface area contributed by atoms with Crippen LogP contribution in [0.25, 0.3) is 11.2 Å². The topological polar surface area (TPSA) is 125 Å². The Kier molecular flexibility index (Phi) is 4.00. The van der Waals surface area contributed by atoms with Gasteiger partial charge in [-0.05, 0) is 18.8 Å². The van der Waals surface area contributed by atoms with Gasteiger partial charge in [-0.15, -0.1) is 0 Å². The van der Waals surface area contributed by atoms with Crippen LogP contribution in [0, 0.1) is 5.92 Å². The number of nitrogens with two attached hydrogens (primary N) is 1. The maximum absolute atomic E-state index is 12.9. The number of nitrogens with zero attached hydrogens (tertiary/aromatic N) is 4. The molecule has 2 aliphatic rings. The standard InChI is InChI=1S/C15H16F3N5O4/c16-15(17,18)10(25)9-3-8(24)12(27-9)23-11-7(4-20-13(19)21-11)22(14(23)26)5-6-1-2-6/h4,6,8-9,12,24H,1-3,5H2,(H2,19,20,21)/t8-,9+,12-/m1/s1. The fourth-order valence-corrected chi connectivity index (χ4v) is 3.27. The summed E-state index contributed by atoms with van der Waals surface area (Å²) in [6.45, 7) is 0.392. The van der Waals surface area contributed by atoms with Gasteiger partial charge in [-0.3, -0.25) is 9.36 Å². The molecule has 1 aliphatic heterocycles. The smallest absolute Gasteiger partial charge is 0.388 e. The second-order valence-electron chi connectivity index (χ2n) is 6.82. The summed E-state index contributed by atoms with van der Waals surface area (Å²) in [7, 11) is 0. The lowest BCUT2D eigenvalue weighted by atomic mass is 10.1. The van der Waals surface area contributed by atoms with Crippen LogP contribution in [-0.2, 0) is 16.1 Å². The first-order valence-electron chi connectivity index (χ1n) is 8.34. The zero-order valence-electron chi connectivity index (χ0n) is 13.9. The molecular weight excluding hydrogens is 371 g/mol. The van der Waals surface area contributed by atoms with Gasteiger partial charge in [-0.25, -0.2) is 14.3 Å². The molecule has 12 heteroatoms. The molecule has 0 bridgehead atoms. The lowest BCUT2D eigenvalue weighted by Gasteiger charge is -2.16. The van der Waals surface area contributed by atoms with Crippen molar-refractivity contribution in [3.05, 3.63) is 16.7 Å². The molecule has 3 atom stereocenters. The fourth-order valence-electron chi connectivity index (χ4n) is 3.27. The Morgan fingerprint density at radius 1 is 1.41 bits per heavy atom. The zero-order chi connectivity index (χ0) is 19.5. The predicted molar refractivity (Wildman–Crippen MR) is 84.5 cm³/mol. The number of aromatic nitrogens is 4. The van der Waals surface area contributed by atoms with Crippen LogP contribution in [0.3, 0.4) is 0 Å². The number of halogens is 3. The minimum Gasteiger partial charge on any atom is -0.388 e. The van der Waals surface area contributed by atoms with Crippen molar-refractivity contribution in [1.29, 1.82) is 0 Å². The van der Waals surface area contributed by atoms with Gasteiger partial charge < -0.3 is 15.6 Å². The van der Waals surface area contributed by atoms with Gasteiger partial charge in [0.2, 0.25) is 5.95 Å². The van der Waals surface area contributed by atoms with E-state index in [0.717, 1.165) is 17.4 Å². The Labute approximate surface area is 149 Å². The second-order valence-corrected chi connectivity index (χ2v) is 6.82. The van der Waals surface area contributed by atoms with Gasteiger partial charge in [-0.1, -0.05) is 0 Å². The lowest BCUT2D eigenvalue weighted by Crippen LogP contribution is -2.35. The van der Waals surface area contributed by atoms with Crippen LogP contribution in [-0.4, -0.2) is 48.4 Å². The third-order valence-electron chi connectivity index (χ3n) is 4.78. The van der Waals surface area contributed by atoms with Crippen molar-refractivity contribution in [1.82, 2.24) is 19.1 Å². The molecule has 3 heterocycles. The lowest BCUT2D eigenvalue weighted by molar-refractivity contribution is -0.183. The number of aliphatic hydroxyl groups excluding tert-OH is 1. The number of Topliss-reactive ketones (excluding diaryl/α,β-unsaturated/α-hetero) is 1. The van der Waals surface area contributed by atoms with Crippen LogP contribution in [0.15, 0.2) is 11.0 Å². The average molecular weight is 387 g/mol. The number of imidazole rings is 1. The van der Waals surface area contributed by atoms with Crippen molar-refractivity contribution in [2.45, 2.75) is 50.4 Å². The number of anilines is 1. The highest BCUT2D eigenvalue weighted by Gasteiger charge is 2.50. The van der Waals surface area contributed by atoms with E-state index in [0.29, 0.717) is 18.0 Å². The number of hydrogen-bond donors (Lipinski definition) is 2. The maximum atomic E-state index is 12.9. The Hall–Kier alpha value is -2.47. The Balaban J connectivity index is 1.77. The molecule has 1 aliphatic carbocycles. The molecule has 4 rings (SSSR count). The molecular formula is C15H16F3N5O4. The molecule has 0 spiro atoms. The summed E-state index contributed by atoms with van der Waals surface area (Å²) >= 11 is 0. The first kappa shape index (κ1) is 17.9. The number of alkyl halides is 3. The molecule has 2 aromatic rings. The number of aliphatic hydroxyl groups is 1. The number of fused-ring (bicyclic) bond motifs is 1. The average Bonchev–Trinajstić information content (AvgIpc) is 3.27. The molecule has 1 saturated carbocycles. The fraction of sp³-hybridized carbons (Fsp3) is 0.600. The Morgan fingerprint density at radius 2 is 2.11 bits per heavy atom. The second kappa shape index (κ2) is 6.02. The normalized spacial score (nSPS) is 26.0. The third kappa shape index (κ3) is 3.08. The summed E-state index contributed by atoms with van der Waals surface area (Å²) in [4.78, 5) is 32.2. The summed E-state index contributed by atoms with van der Waals surface area (Å²) in [6, 6.07) is 0. The summed E-state index contributed by atoms with van der Waals surface area (Å²) in [5, 5.41) is 10.2. The van der Waals surface area contributed by atoms with Crippen molar-refractivity contribution in [3.63, 3.8) is 0 Å². The zero-order valence-corrected chi connectivity index (χ0v) is 13.9. The number of rotatable bonds is 4. The monoisotopic (exact) mass is 387 g/mol. The van der Waals surface area contributed by atoms with Crippen LogP contribution >= 0.6 is 0 Å². The molecule has 9 nitrogen and oxygen atoms in total. The molecule has 27 heavy (non-hydrogen) atoms. The molecule has 0 unspecified atom stereocenters. The van der Waals surface area contributed by atoms with Crippen LogP contribution < -0.4 is 11.4 Å². The highest BCUT2D eigenvalue weighted by Crippen LogP contribution is 2.35. The molecule has 2 fully saturated rings. The summed E-state index contributed by atoms with van der Waals surface area (Å²) in [5.41, 5.74) is 5.34. The van der Waals surface area contributed by atoms with Crippen LogP contribution in [0.1, 0.15) is 25.5 Å². The first-order chi connectivity index (χ1) is 12.7. The van der Waals surface area contributed by atoms with E-state index in [9.17, 15) is 27.9 Å². The van der Waals surface area contributed by atoms with Gasteiger partial charge in [-0.2, -0.15) is 18.2 Å². The number of hydrogen-bond acceptors (Lipinski definition) is 7. The van der Waals surface area contributed by atoms with Gasteiger partial charge in [0.15, 0.2) is 11.9 Å². The number of ether oxygens (including phenoxy) is 1. The molecule has 0 amide bonds. The van der Waals surface area contributed by atoms with Crippen molar-refractivity contribution < 1.29 is 27.8 Å². The van der Waals surface area contributed by atoms with E-state index in [-0.39, 0.29) is 11.6 Å². The van der Waals surface area contributed by atoms with Crippen molar-refractivity contribution in [3.8, 4) is 0 Å². The van der Waals surface area contributed by atoms with Crippen LogP contribution in [0.5, 0.6) is 0 Å². The van der Waals surface area contributed by atoms with Gasteiger partial charge in [0.05, 0.1) is 6.20 Å². The van der Waals surface area contributed by atoms with E-state index in [2.05, 4.69) is 9.97 Å². The van der Waals surface area contributed by atoms with Crippen LogP contribution in [0.4, 0.5) is 19.1 Å². The van der Waals surface area contributed by atoms with Gasteiger partial charge >= 0.3 is 11.9 Å². The summed E-state index contributed by atoms with van der Waals surface area (Å²) in [5.74, 6) is -1.93. The quantitative estimate of drug-likeness (QED) is 0.776. The third-order valence-corrected chi connectivity index (χ3v) is 4.78. The number of nitrogen functional groups attached to an aromatic ring is 1. The van der Waals surface area contributed by atoms with E-state index < -0.39 is 42.5 Å². The predicted octanol–water partition coefficient (Wildman–Crippen LogP) is 0.365. The van der Waals surface area contributed by atoms with Gasteiger partial charge in [0.1, 0.15) is 17.7 Å². The minimum absolute atomic E-state index is 0.0392. The number of carbonyl (C=O) groups is 1. The van der Waals surface area contributed by atoms with Crippen LogP contribution in [0.2, 0.25) is 0 Å². The molecule has 0 aromatic carbocycles. The highest BCUT2D eigenvalue weighted by molar-refractivity contribution is 5.88. The molecule has 0 radical (unpaired) electrons. The SMILES string of the molecule is Nc1ncc2c(n1)n([C@@H]1O[C@H](C(=O)C(F)(F)F)C[C@H]1O)c(=O)n2CC1CC1. The molecule has 146 valence electrons. The van der Waals surface area contributed by atoms with Crippen molar-refractivity contribution in [2.24, 2.45) is 5.92 Å². The van der Waals surface area contributed by atoms with Crippen molar-refractivity contribution >= 4 is 22.9 Å². The molecule has 3 N–H and O–H groups in total. The first-order valence-corrected chi connectivity index (χ1v) is 8.34.